The average Bonchev–Trinajstić information content (AvgIpc) is 2.69. The third kappa shape index (κ3) is 4.32. The van der Waals surface area contributed by atoms with E-state index < -0.39 is 15.9 Å². The summed E-state index contributed by atoms with van der Waals surface area (Å²) in [4.78, 5) is 12.9. The number of ether oxygens (including phenoxy) is 1. The molecule has 150 valence electrons. The van der Waals surface area contributed by atoms with Crippen LogP contribution in [0.25, 0.3) is 0 Å². The fourth-order valence-electron chi connectivity index (χ4n) is 3.15. The van der Waals surface area contributed by atoms with E-state index in [0.717, 1.165) is 12.8 Å². The highest BCUT2D eigenvalue weighted by Gasteiger charge is 2.29. The minimum Gasteiger partial charge on any atom is -0.496 e. The van der Waals surface area contributed by atoms with E-state index in [2.05, 4.69) is 12.2 Å². The van der Waals surface area contributed by atoms with Gasteiger partial charge in [0.2, 0.25) is 10.0 Å². The predicted molar refractivity (Wildman–Crippen MR) is 110 cm³/mol. The number of carbonyl (C=O) groups is 1. The maximum absolute atomic E-state index is 13.0. The van der Waals surface area contributed by atoms with Crippen molar-refractivity contribution in [3.8, 4) is 5.75 Å². The van der Waals surface area contributed by atoms with Crippen LogP contribution in [-0.2, 0) is 10.0 Å². The molecule has 1 N–H and O–H groups in total. The Hall–Kier alpha value is -2.09. The molecule has 0 aliphatic carbocycles. The molecule has 1 fully saturated rings. The van der Waals surface area contributed by atoms with Crippen molar-refractivity contribution in [1.82, 2.24) is 4.31 Å². The number of methoxy groups -OCH3 is 1. The fraction of sp³-hybridized carbons (Fsp3) is 0.350. The Morgan fingerprint density at radius 2 is 1.86 bits per heavy atom. The number of carbonyl (C=O) groups excluding carboxylic acids is 1. The van der Waals surface area contributed by atoms with Crippen molar-refractivity contribution in [2.24, 2.45) is 5.92 Å². The van der Waals surface area contributed by atoms with Gasteiger partial charge in [-0.25, -0.2) is 8.42 Å². The van der Waals surface area contributed by atoms with Crippen molar-refractivity contribution in [2.45, 2.75) is 24.7 Å². The van der Waals surface area contributed by atoms with E-state index in [1.165, 1.54) is 29.6 Å². The van der Waals surface area contributed by atoms with Gasteiger partial charge in [-0.15, -0.1) is 0 Å². The van der Waals surface area contributed by atoms with Gasteiger partial charge in [-0.05, 0) is 49.1 Å². The molecule has 8 heteroatoms. The summed E-state index contributed by atoms with van der Waals surface area (Å²) in [5, 5.41) is 3.10. The SMILES string of the molecule is COc1ccc(S(=O)(=O)N2CCC(C)CC2)cc1C(=O)Nc1ccccc1Cl. The minimum absolute atomic E-state index is 0.0761. The van der Waals surface area contributed by atoms with Crippen molar-refractivity contribution in [2.75, 3.05) is 25.5 Å². The van der Waals surface area contributed by atoms with Gasteiger partial charge in [-0.3, -0.25) is 4.79 Å². The molecule has 1 saturated heterocycles. The molecule has 1 aliphatic rings. The Morgan fingerprint density at radius 1 is 1.18 bits per heavy atom. The number of hydrogen-bond donors (Lipinski definition) is 1. The maximum Gasteiger partial charge on any atom is 0.259 e. The molecule has 0 aromatic heterocycles. The summed E-state index contributed by atoms with van der Waals surface area (Å²) in [5.41, 5.74) is 0.573. The van der Waals surface area contributed by atoms with Crippen molar-refractivity contribution in [3.63, 3.8) is 0 Å². The average molecular weight is 423 g/mol. The zero-order valence-corrected chi connectivity index (χ0v) is 17.4. The van der Waals surface area contributed by atoms with Gasteiger partial charge >= 0.3 is 0 Å². The largest absolute Gasteiger partial charge is 0.496 e. The summed E-state index contributed by atoms with van der Waals surface area (Å²) < 4.78 is 32.8. The summed E-state index contributed by atoms with van der Waals surface area (Å²) in [5.74, 6) is 0.310. The van der Waals surface area contributed by atoms with E-state index in [-0.39, 0.29) is 16.2 Å². The summed E-state index contributed by atoms with van der Waals surface area (Å²) in [6, 6.07) is 11.2. The van der Waals surface area contributed by atoms with Crippen molar-refractivity contribution >= 4 is 33.2 Å². The van der Waals surface area contributed by atoms with Gasteiger partial charge in [0.25, 0.3) is 5.91 Å². The zero-order valence-electron chi connectivity index (χ0n) is 15.8. The number of sulfonamides is 1. The number of rotatable bonds is 5. The Balaban J connectivity index is 1.91. The summed E-state index contributed by atoms with van der Waals surface area (Å²) >= 11 is 6.10. The van der Waals surface area contributed by atoms with Crippen molar-refractivity contribution < 1.29 is 17.9 Å². The van der Waals surface area contributed by atoms with Crippen LogP contribution in [0.1, 0.15) is 30.1 Å². The maximum atomic E-state index is 13.0. The number of nitrogens with zero attached hydrogens (tertiary/aromatic N) is 1. The molecule has 28 heavy (non-hydrogen) atoms. The van der Waals surface area contributed by atoms with Crippen LogP contribution in [0.5, 0.6) is 5.75 Å². The molecule has 3 rings (SSSR count). The first-order valence-electron chi connectivity index (χ1n) is 9.07. The molecule has 2 aromatic rings. The van der Waals surface area contributed by atoms with E-state index in [4.69, 9.17) is 16.3 Å². The molecule has 1 heterocycles. The topological polar surface area (TPSA) is 75.7 Å². The molecule has 0 unspecified atom stereocenters. The lowest BCUT2D eigenvalue weighted by atomic mass is 10.0. The number of benzene rings is 2. The fourth-order valence-corrected chi connectivity index (χ4v) is 4.83. The van der Waals surface area contributed by atoms with Crippen LogP contribution in [0.3, 0.4) is 0 Å². The van der Waals surface area contributed by atoms with Gasteiger partial charge in [0, 0.05) is 13.1 Å². The monoisotopic (exact) mass is 422 g/mol. The Kier molecular flexibility index (Phi) is 6.27. The molecular weight excluding hydrogens is 400 g/mol. The third-order valence-corrected chi connectivity index (χ3v) is 7.14. The number of anilines is 1. The quantitative estimate of drug-likeness (QED) is 0.789. The van der Waals surface area contributed by atoms with Crippen LogP contribution < -0.4 is 10.1 Å². The van der Waals surface area contributed by atoms with E-state index in [9.17, 15) is 13.2 Å². The first kappa shape index (κ1) is 20.6. The van der Waals surface area contributed by atoms with Crippen LogP contribution >= 0.6 is 11.6 Å². The number of nitrogens with one attached hydrogen (secondary N) is 1. The molecule has 0 radical (unpaired) electrons. The van der Waals surface area contributed by atoms with E-state index in [1.54, 1.807) is 24.3 Å². The molecule has 0 saturated carbocycles. The standard InChI is InChI=1S/C20H23ClN2O4S/c1-14-9-11-23(12-10-14)28(25,26)15-7-8-19(27-2)16(13-15)20(24)22-18-6-4-3-5-17(18)21/h3-8,13-14H,9-12H2,1-2H3,(H,22,24). The second-order valence-corrected chi connectivity index (χ2v) is 9.23. The highest BCUT2D eigenvalue weighted by atomic mass is 35.5. The van der Waals surface area contributed by atoms with Crippen LogP contribution in [0, 0.1) is 5.92 Å². The van der Waals surface area contributed by atoms with Gasteiger partial charge in [-0.2, -0.15) is 4.31 Å². The van der Waals surface area contributed by atoms with E-state index >= 15 is 0 Å². The summed E-state index contributed by atoms with van der Waals surface area (Å²) in [7, 11) is -2.24. The second kappa shape index (κ2) is 8.51. The number of halogens is 1. The van der Waals surface area contributed by atoms with Crippen LogP contribution in [0.15, 0.2) is 47.4 Å². The van der Waals surface area contributed by atoms with Gasteiger partial charge in [-0.1, -0.05) is 30.7 Å². The lowest BCUT2D eigenvalue weighted by molar-refractivity contribution is 0.102. The summed E-state index contributed by atoms with van der Waals surface area (Å²) in [6.07, 6.45) is 1.66. The zero-order chi connectivity index (χ0) is 20.3. The first-order chi connectivity index (χ1) is 13.3. The molecular formula is C20H23ClN2O4S. The number of piperidine rings is 1. The third-order valence-electron chi connectivity index (χ3n) is 4.92. The van der Waals surface area contributed by atoms with Gasteiger partial charge in [0.15, 0.2) is 0 Å². The smallest absolute Gasteiger partial charge is 0.259 e. The van der Waals surface area contributed by atoms with Gasteiger partial charge < -0.3 is 10.1 Å². The van der Waals surface area contributed by atoms with Gasteiger partial charge in [0.05, 0.1) is 28.3 Å². The molecule has 2 aromatic carbocycles. The molecule has 1 amide bonds. The Bertz CT molecular complexity index is 970. The molecule has 0 bridgehead atoms. The molecule has 1 aliphatic heterocycles. The predicted octanol–water partition coefficient (Wildman–Crippen LogP) is 4.02. The van der Waals surface area contributed by atoms with E-state index in [1.807, 2.05) is 0 Å². The molecule has 0 spiro atoms. The summed E-state index contributed by atoms with van der Waals surface area (Å²) in [6.45, 7) is 3.09. The van der Waals surface area contributed by atoms with Crippen LogP contribution in [-0.4, -0.2) is 38.8 Å². The highest BCUT2D eigenvalue weighted by Crippen LogP contribution is 2.29. The highest BCUT2D eigenvalue weighted by molar-refractivity contribution is 7.89. The first-order valence-corrected chi connectivity index (χ1v) is 10.9. The molecule has 6 nitrogen and oxygen atoms in total. The number of para-hydroxylation sites is 1. The van der Waals surface area contributed by atoms with Gasteiger partial charge in [0.1, 0.15) is 5.75 Å². The number of hydrogen-bond acceptors (Lipinski definition) is 4. The van der Waals surface area contributed by atoms with Crippen LogP contribution in [0.4, 0.5) is 5.69 Å². The molecule has 0 atom stereocenters. The Morgan fingerprint density at radius 3 is 2.50 bits per heavy atom. The van der Waals surface area contributed by atoms with E-state index in [0.29, 0.717) is 29.7 Å². The van der Waals surface area contributed by atoms with Crippen molar-refractivity contribution in [3.05, 3.63) is 53.1 Å². The Labute approximate surface area is 170 Å². The van der Waals surface area contributed by atoms with Crippen molar-refractivity contribution in [1.29, 1.82) is 0 Å². The lowest BCUT2D eigenvalue weighted by Gasteiger charge is -2.29. The minimum atomic E-state index is -3.68. The normalized spacial score (nSPS) is 16.0. The number of amides is 1. The lowest BCUT2D eigenvalue weighted by Crippen LogP contribution is -2.37. The second-order valence-electron chi connectivity index (χ2n) is 6.88. The van der Waals surface area contributed by atoms with Crippen LogP contribution in [0.2, 0.25) is 5.02 Å².